The number of carbonyl (C=O) groups is 1. The fraction of sp³-hybridized carbons (Fsp3) is 0.300. The molecule has 94 valence electrons. The molecule has 7 heteroatoms. The highest BCUT2D eigenvalue weighted by Crippen LogP contribution is 2.20. The second-order valence-corrected chi connectivity index (χ2v) is 5.39. The largest absolute Gasteiger partial charge is 0.324 e. The van der Waals surface area contributed by atoms with E-state index in [0.717, 1.165) is 6.07 Å². The lowest BCUT2D eigenvalue weighted by Crippen LogP contribution is -2.15. The maximum absolute atomic E-state index is 13.3. The van der Waals surface area contributed by atoms with Gasteiger partial charge in [-0.05, 0) is 25.1 Å². The summed E-state index contributed by atoms with van der Waals surface area (Å²) in [5.41, 5.74) is 0.144. The van der Waals surface area contributed by atoms with E-state index < -0.39 is 21.7 Å². The van der Waals surface area contributed by atoms with Gasteiger partial charge in [0.15, 0.2) is 0 Å². The minimum atomic E-state index is -3.42. The number of amides is 1. The molecule has 0 spiro atoms. The third-order valence-corrected chi connectivity index (χ3v) is 3.24. The van der Waals surface area contributed by atoms with Gasteiger partial charge in [-0.25, -0.2) is 12.8 Å². The molecular weight excluding hydrogens is 247 g/mol. The van der Waals surface area contributed by atoms with E-state index in [1.54, 1.807) is 0 Å². The summed E-state index contributed by atoms with van der Waals surface area (Å²) in [6.07, 6.45) is 0. The molecule has 0 saturated carbocycles. The Labute approximate surface area is 99.1 Å². The summed E-state index contributed by atoms with van der Waals surface area (Å²) in [5, 5.41) is 2.27. The Hall–Kier alpha value is -1.63. The minimum Gasteiger partial charge on any atom is -0.324 e. The first-order valence-corrected chi connectivity index (χ1v) is 6.57. The van der Waals surface area contributed by atoms with Crippen LogP contribution < -0.4 is 10.0 Å². The molecule has 0 aliphatic heterocycles. The van der Waals surface area contributed by atoms with Crippen LogP contribution >= 0.6 is 0 Å². The van der Waals surface area contributed by atoms with E-state index in [4.69, 9.17) is 0 Å². The van der Waals surface area contributed by atoms with Crippen LogP contribution in [0.4, 0.5) is 15.8 Å². The van der Waals surface area contributed by atoms with Gasteiger partial charge in [0.05, 0.1) is 17.1 Å². The van der Waals surface area contributed by atoms with Gasteiger partial charge in [-0.3, -0.25) is 9.52 Å². The molecule has 0 aliphatic carbocycles. The summed E-state index contributed by atoms with van der Waals surface area (Å²) in [6.45, 7) is 2.73. The van der Waals surface area contributed by atoms with Crippen molar-refractivity contribution in [2.45, 2.75) is 13.8 Å². The lowest BCUT2D eigenvalue weighted by molar-refractivity contribution is -0.114. The van der Waals surface area contributed by atoms with Gasteiger partial charge in [0, 0.05) is 6.92 Å². The lowest BCUT2D eigenvalue weighted by Gasteiger charge is -2.09. The van der Waals surface area contributed by atoms with E-state index in [-0.39, 0.29) is 17.1 Å². The number of anilines is 2. The first-order chi connectivity index (χ1) is 7.84. The second-order valence-electron chi connectivity index (χ2n) is 3.38. The maximum atomic E-state index is 13.3. The van der Waals surface area contributed by atoms with Crippen molar-refractivity contribution in [1.82, 2.24) is 0 Å². The molecule has 0 saturated heterocycles. The third kappa shape index (κ3) is 4.03. The van der Waals surface area contributed by atoms with Gasteiger partial charge < -0.3 is 5.32 Å². The van der Waals surface area contributed by atoms with Crippen LogP contribution in [-0.2, 0) is 14.8 Å². The highest BCUT2D eigenvalue weighted by atomic mass is 32.2. The normalized spacial score (nSPS) is 11.0. The number of nitrogens with one attached hydrogen (secondary N) is 2. The van der Waals surface area contributed by atoms with Gasteiger partial charge in [0.1, 0.15) is 5.82 Å². The molecule has 17 heavy (non-hydrogen) atoms. The monoisotopic (exact) mass is 260 g/mol. The molecule has 0 atom stereocenters. The SMILES string of the molecule is CCS(=O)(=O)Nc1ccc(F)c(NC(C)=O)c1. The van der Waals surface area contributed by atoms with Crippen molar-refractivity contribution in [2.75, 3.05) is 15.8 Å². The van der Waals surface area contributed by atoms with Crippen LogP contribution in [0.1, 0.15) is 13.8 Å². The summed E-state index contributed by atoms with van der Waals surface area (Å²) in [6, 6.07) is 3.59. The zero-order chi connectivity index (χ0) is 13.1. The molecule has 2 N–H and O–H groups in total. The van der Waals surface area contributed by atoms with Crippen molar-refractivity contribution >= 4 is 27.3 Å². The number of carbonyl (C=O) groups excluding carboxylic acids is 1. The standard InChI is InChI=1S/C10H13FN2O3S/c1-3-17(15,16)13-8-4-5-9(11)10(6-8)12-7(2)14/h4-6,13H,3H2,1-2H3,(H,12,14). The molecule has 1 aromatic carbocycles. The molecule has 0 heterocycles. The molecule has 1 amide bonds. The zero-order valence-electron chi connectivity index (χ0n) is 9.45. The molecule has 0 fully saturated rings. The average Bonchev–Trinajstić information content (AvgIpc) is 2.22. The van der Waals surface area contributed by atoms with Crippen LogP contribution in [0.2, 0.25) is 0 Å². The van der Waals surface area contributed by atoms with E-state index in [2.05, 4.69) is 10.0 Å². The molecule has 1 rings (SSSR count). The zero-order valence-corrected chi connectivity index (χ0v) is 10.3. The average molecular weight is 260 g/mol. The molecule has 0 aliphatic rings. The van der Waals surface area contributed by atoms with E-state index in [0.29, 0.717) is 0 Å². The first kappa shape index (κ1) is 13.4. The Morgan fingerprint density at radius 3 is 2.59 bits per heavy atom. The van der Waals surface area contributed by atoms with Crippen molar-refractivity contribution in [1.29, 1.82) is 0 Å². The second kappa shape index (κ2) is 5.13. The number of rotatable bonds is 4. The van der Waals surface area contributed by atoms with Gasteiger partial charge in [-0.2, -0.15) is 0 Å². The number of benzene rings is 1. The summed E-state index contributed by atoms with van der Waals surface area (Å²) in [5.74, 6) is -1.14. The minimum absolute atomic E-state index is 0.0613. The van der Waals surface area contributed by atoms with E-state index in [1.807, 2.05) is 0 Å². The van der Waals surface area contributed by atoms with Crippen LogP contribution in [-0.4, -0.2) is 20.1 Å². The van der Waals surface area contributed by atoms with Crippen molar-refractivity contribution in [3.63, 3.8) is 0 Å². The Kier molecular flexibility index (Phi) is 4.06. The Morgan fingerprint density at radius 2 is 2.06 bits per heavy atom. The van der Waals surface area contributed by atoms with Crippen LogP contribution in [0.5, 0.6) is 0 Å². The smallest absolute Gasteiger partial charge is 0.232 e. The van der Waals surface area contributed by atoms with Crippen LogP contribution in [0.3, 0.4) is 0 Å². The molecule has 0 aromatic heterocycles. The van der Waals surface area contributed by atoms with Gasteiger partial charge in [-0.15, -0.1) is 0 Å². The van der Waals surface area contributed by atoms with Gasteiger partial charge in [0.2, 0.25) is 15.9 Å². The number of sulfonamides is 1. The molecule has 0 bridgehead atoms. The van der Waals surface area contributed by atoms with Crippen LogP contribution in [0.25, 0.3) is 0 Å². The number of halogens is 1. The van der Waals surface area contributed by atoms with E-state index in [1.165, 1.54) is 26.0 Å². The Bertz CT molecular complexity index is 528. The summed E-state index contributed by atoms with van der Waals surface area (Å²) in [7, 11) is -3.42. The third-order valence-electron chi connectivity index (χ3n) is 1.93. The fourth-order valence-electron chi connectivity index (χ4n) is 1.13. The highest BCUT2D eigenvalue weighted by molar-refractivity contribution is 7.92. The highest BCUT2D eigenvalue weighted by Gasteiger charge is 2.10. The predicted molar refractivity (Wildman–Crippen MR) is 63.8 cm³/mol. The predicted octanol–water partition coefficient (Wildman–Crippen LogP) is 1.55. The van der Waals surface area contributed by atoms with E-state index in [9.17, 15) is 17.6 Å². The van der Waals surface area contributed by atoms with Gasteiger partial charge in [-0.1, -0.05) is 0 Å². The molecule has 0 radical (unpaired) electrons. The Balaban J connectivity index is 3.00. The molecular formula is C10H13FN2O3S. The van der Waals surface area contributed by atoms with Crippen LogP contribution in [0, 0.1) is 5.82 Å². The fourth-order valence-corrected chi connectivity index (χ4v) is 1.76. The van der Waals surface area contributed by atoms with Gasteiger partial charge >= 0.3 is 0 Å². The lowest BCUT2D eigenvalue weighted by atomic mass is 10.2. The topological polar surface area (TPSA) is 75.3 Å². The molecule has 1 aromatic rings. The number of hydrogen-bond acceptors (Lipinski definition) is 3. The van der Waals surface area contributed by atoms with Gasteiger partial charge in [0.25, 0.3) is 0 Å². The van der Waals surface area contributed by atoms with Crippen molar-refractivity contribution in [3.05, 3.63) is 24.0 Å². The maximum Gasteiger partial charge on any atom is 0.232 e. The Morgan fingerprint density at radius 1 is 1.41 bits per heavy atom. The van der Waals surface area contributed by atoms with E-state index >= 15 is 0 Å². The first-order valence-electron chi connectivity index (χ1n) is 4.91. The quantitative estimate of drug-likeness (QED) is 0.862. The van der Waals surface area contributed by atoms with Crippen molar-refractivity contribution < 1.29 is 17.6 Å². The van der Waals surface area contributed by atoms with Crippen molar-refractivity contribution in [2.24, 2.45) is 0 Å². The van der Waals surface area contributed by atoms with Crippen LogP contribution in [0.15, 0.2) is 18.2 Å². The molecule has 5 nitrogen and oxygen atoms in total. The van der Waals surface area contributed by atoms with Crippen molar-refractivity contribution in [3.8, 4) is 0 Å². The number of hydrogen-bond donors (Lipinski definition) is 2. The summed E-state index contributed by atoms with van der Waals surface area (Å²) < 4.78 is 38.1. The summed E-state index contributed by atoms with van der Waals surface area (Å²) in [4.78, 5) is 10.8. The summed E-state index contributed by atoms with van der Waals surface area (Å²) >= 11 is 0. The molecule has 0 unspecified atom stereocenters.